The summed E-state index contributed by atoms with van der Waals surface area (Å²) in [5, 5.41) is 5.67. The smallest absolute Gasteiger partial charge is 0.314 e. The van der Waals surface area contributed by atoms with Gasteiger partial charge in [-0.15, -0.1) is 0 Å². The van der Waals surface area contributed by atoms with Gasteiger partial charge in [-0.2, -0.15) is 0 Å². The molecular weight excluding hydrogens is 335 g/mol. The molecule has 1 fully saturated rings. The summed E-state index contributed by atoms with van der Waals surface area (Å²) in [6.07, 6.45) is 2.00. The highest BCUT2D eigenvalue weighted by Gasteiger charge is 2.44. The number of carbonyl (C=O) groups excluding carboxylic acids is 1. The fourth-order valence-electron chi connectivity index (χ4n) is 2.84. The van der Waals surface area contributed by atoms with Crippen LogP contribution in [0.4, 0.5) is 9.18 Å². The number of amides is 2. The Morgan fingerprint density at radius 2 is 1.69 bits per heavy atom. The van der Waals surface area contributed by atoms with Crippen LogP contribution >= 0.6 is 0 Å². The van der Waals surface area contributed by atoms with Crippen LogP contribution in [0.2, 0.25) is 0 Å². The first-order chi connectivity index (χ1) is 12.6. The summed E-state index contributed by atoms with van der Waals surface area (Å²) in [7, 11) is 1.61. The molecule has 6 heteroatoms. The number of hydrogen-bond acceptors (Lipinski definition) is 3. The van der Waals surface area contributed by atoms with E-state index < -0.39 is 0 Å². The Labute approximate surface area is 152 Å². The van der Waals surface area contributed by atoms with E-state index in [1.54, 1.807) is 19.2 Å². The summed E-state index contributed by atoms with van der Waals surface area (Å²) in [6, 6.07) is 13.6. The molecule has 1 aliphatic carbocycles. The number of carbonyl (C=O) groups is 1. The number of urea groups is 1. The lowest BCUT2D eigenvalue weighted by Crippen LogP contribution is -2.41. The molecule has 0 aliphatic heterocycles. The van der Waals surface area contributed by atoms with E-state index in [4.69, 9.17) is 9.47 Å². The minimum absolute atomic E-state index is 0.0510. The molecule has 0 unspecified atom stereocenters. The van der Waals surface area contributed by atoms with Gasteiger partial charge >= 0.3 is 6.03 Å². The number of rotatable bonds is 8. The molecule has 0 aromatic heterocycles. The van der Waals surface area contributed by atoms with E-state index in [1.807, 2.05) is 24.3 Å². The Bertz CT molecular complexity index is 728. The number of halogens is 1. The Balaban J connectivity index is 1.36. The van der Waals surface area contributed by atoms with Crippen LogP contribution in [0.5, 0.6) is 11.5 Å². The van der Waals surface area contributed by atoms with E-state index in [1.165, 1.54) is 12.1 Å². The van der Waals surface area contributed by atoms with Gasteiger partial charge in [-0.25, -0.2) is 9.18 Å². The molecule has 0 heterocycles. The van der Waals surface area contributed by atoms with Crippen LogP contribution in [0.25, 0.3) is 0 Å². The van der Waals surface area contributed by atoms with Crippen LogP contribution in [0.15, 0.2) is 48.5 Å². The highest BCUT2D eigenvalue weighted by Crippen LogP contribution is 2.47. The van der Waals surface area contributed by atoms with Gasteiger partial charge in [0.15, 0.2) is 0 Å². The number of hydrogen-bond donors (Lipinski definition) is 2. The minimum atomic E-state index is -0.243. The minimum Gasteiger partial charge on any atom is -0.497 e. The van der Waals surface area contributed by atoms with Gasteiger partial charge < -0.3 is 20.1 Å². The maximum absolute atomic E-state index is 13.0. The third kappa shape index (κ3) is 4.65. The second kappa shape index (κ2) is 8.08. The first kappa shape index (κ1) is 18.0. The maximum atomic E-state index is 13.0. The number of nitrogens with one attached hydrogen (secondary N) is 2. The molecule has 1 aliphatic rings. The SMILES string of the molecule is COc1ccc(OCCNC(=O)NCC2(c3ccc(F)cc3)CC2)cc1. The van der Waals surface area contributed by atoms with Gasteiger partial charge in [-0.3, -0.25) is 0 Å². The Morgan fingerprint density at radius 1 is 1.04 bits per heavy atom. The fraction of sp³-hybridized carbons (Fsp3) is 0.350. The molecule has 0 atom stereocenters. The molecule has 0 bridgehead atoms. The summed E-state index contributed by atoms with van der Waals surface area (Å²) >= 11 is 0. The lowest BCUT2D eigenvalue weighted by atomic mass is 9.96. The van der Waals surface area contributed by atoms with Crippen LogP contribution in [-0.2, 0) is 5.41 Å². The molecule has 2 aromatic carbocycles. The largest absolute Gasteiger partial charge is 0.497 e. The molecule has 2 N–H and O–H groups in total. The van der Waals surface area contributed by atoms with E-state index in [2.05, 4.69) is 10.6 Å². The van der Waals surface area contributed by atoms with Crippen molar-refractivity contribution in [3.63, 3.8) is 0 Å². The number of methoxy groups -OCH3 is 1. The van der Waals surface area contributed by atoms with Crippen molar-refractivity contribution in [3.8, 4) is 11.5 Å². The topological polar surface area (TPSA) is 59.6 Å². The van der Waals surface area contributed by atoms with E-state index in [9.17, 15) is 9.18 Å². The van der Waals surface area contributed by atoms with Crippen molar-refractivity contribution in [2.75, 3.05) is 26.8 Å². The fourth-order valence-corrected chi connectivity index (χ4v) is 2.84. The van der Waals surface area contributed by atoms with Crippen LogP contribution < -0.4 is 20.1 Å². The first-order valence-electron chi connectivity index (χ1n) is 8.66. The molecule has 1 saturated carbocycles. The standard InChI is InChI=1S/C20H23FN2O3/c1-25-17-6-8-18(9-7-17)26-13-12-22-19(24)23-14-20(10-11-20)15-2-4-16(21)5-3-15/h2-9H,10-14H2,1H3,(H2,22,23,24). The monoisotopic (exact) mass is 358 g/mol. The van der Waals surface area contributed by atoms with Gasteiger partial charge in [-0.05, 0) is 54.8 Å². The van der Waals surface area contributed by atoms with Crippen molar-refractivity contribution >= 4 is 6.03 Å². The van der Waals surface area contributed by atoms with Crippen molar-refractivity contribution in [3.05, 3.63) is 59.9 Å². The van der Waals surface area contributed by atoms with Crippen LogP contribution in [-0.4, -0.2) is 32.8 Å². The average molecular weight is 358 g/mol. The third-order valence-corrected chi connectivity index (χ3v) is 4.61. The number of benzene rings is 2. The van der Waals surface area contributed by atoms with Crippen LogP contribution in [0.3, 0.4) is 0 Å². The van der Waals surface area contributed by atoms with Crippen molar-refractivity contribution in [2.24, 2.45) is 0 Å². The third-order valence-electron chi connectivity index (χ3n) is 4.61. The molecule has 0 saturated heterocycles. The summed E-state index contributed by atoms with van der Waals surface area (Å²) in [6.45, 7) is 1.33. The first-order valence-corrected chi connectivity index (χ1v) is 8.66. The summed E-state index contributed by atoms with van der Waals surface area (Å²) in [5.41, 5.74) is 1.02. The van der Waals surface area contributed by atoms with Crippen molar-refractivity contribution < 1.29 is 18.7 Å². The van der Waals surface area contributed by atoms with Gasteiger partial charge in [0.05, 0.1) is 13.7 Å². The molecule has 5 nitrogen and oxygen atoms in total. The van der Waals surface area contributed by atoms with E-state index >= 15 is 0 Å². The molecule has 3 rings (SSSR count). The highest BCUT2D eigenvalue weighted by molar-refractivity contribution is 5.74. The second-order valence-corrected chi connectivity index (χ2v) is 6.42. The molecule has 26 heavy (non-hydrogen) atoms. The lowest BCUT2D eigenvalue weighted by Gasteiger charge is -2.17. The van der Waals surface area contributed by atoms with Crippen molar-refractivity contribution in [1.82, 2.24) is 10.6 Å². The van der Waals surface area contributed by atoms with E-state index in [0.717, 1.165) is 29.9 Å². The maximum Gasteiger partial charge on any atom is 0.314 e. The molecule has 138 valence electrons. The van der Waals surface area contributed by atoms with Crippen LogP contribution in [0.1, 0.15) is 18.4 Å². The predicted octanol–water partition coefficient (Wildman–Crippen LogP) is 3.24. The number of ether oxygens (including phenoxy) is 2. The second-order valence-electron chi connectivity index (χ2n) is 6.42. The molecule has 2 amide bonds. The normalized spacial score (nSPS) is 14.4. The van der Waals surface area contributed by atoms with Gasteiger partial charge in [0.25, 0.3) is 0 Å². The molecule has 2 aromatic rings. The zero-order valence-corrected chi connectivity index (χ0v) is 14.8. The van der Waals surface area contributed by atoms with Gasteiger partial charge in [0, 0.05) is 12.0 Å². The molecular formula is C20H23FN2O3. The molecule has 0 spiro atoms. The zero-order chi connectivity index (χ0) is 18.4. The van der Waals surface area contributed by atoms with Gasteiger partial charge in [0.2, 0.25) is 0 Å². The van der Waals surface area contributed by atoms with E-state index in [0.29, 0.717) is 19.7 Å². The predicted molar refractivity (Wildman–Crippen MR) is 97.2 cm³/mol. The van der Waals surface area contributed by atoms with Crippen LogP contribution in [0, 0.1) is 5.82 Å². The lowest BCUT2D eigenvalue weighted by molar-refractivity contribution is 0.235. The van der Waals surface area contributed by atoms with Crippen molar-refractivity contribution in [1.29, 1.82) is 0 Å². The summed E-state index contributed by atoms with van der Waals surface area (Å²) in [4.78, 5) is 11.9. The molecule has 0 radical (unpaired) electrons. The zero-order valence-electron chi connectivity index (χ0n) is 14.8. The van der Waals surface area contributed by atoms with Gasteiger partial charge in [-0.1, -0.05) is 12.1 Å². The quantitative estimate of drug-likeness (QED) is 0.712. The highest BCUT2D eigenvalue weighted by atomic mass is 19.1. The Kier molecular flexibility index (Phi) is 5.61. The summed E-state index contributed by atoms with van der Waals surface area (Å²) in [5.74, 6) is 1.25. The Hall–Kier alpha value is -2.76. The summed E-state index contributed by atoms with van der Waals surface area (Å²) < 4.78 is 23.7. The average Bonchev–Trinajstić information content (AvgIpc) is 3.46. The van der Waals surface area contributed by atoms with Crippen molar-refractivity contribution in [2.45, 2.75) is 18.3 Å². The Morgan fingerprint density at radius 3 is 2.31 bits per heavy atom. The van der Waals surface area contributed by atoms with E-state index in [-0.39, 0.29) is 17.3 Å². The van der Waals surface area contributed by atoms with Gasteiger partial charge in [0.1, 0.15) is 23.9 Å².